The SMILES string of the molecule is CNCC(C)CNS(=O)(=O)c1ncccc1F. The topological polar surface area (TPSA) is 71.1 Å². The Morgan fingerprint density at radius 3 is 2.76 bits per heavy atom. The van der Waals surface area contributed by atoms with Gasteiger partial charge in [-0.15, -0.1) is 0 Å². The number of rotatable bonds is 6. The largest absolute Gasteiger partial charge is 0.319 e. The molecule has 0 aliphatic carbocycles. The molecule has 0 bridgehead atoms. The smallest absolute Gasteiger partial charge is 0.261 e. The Bertz CT molecular complexity index is 464. The van der Waals surface area contributed by atoms with Crippen LogP contribution >= 0.6 is 0 Å². The summed E-state index contributed by atoms with van der Waals surface area (Å²) >= 11 is 0. The first-order chi connectivity index (χ1) is 7.97. The molecule has 1 unspecified atom stereocenters. The van der Waals surface area contributed by atoms with Crippen LogP contribution < -0.4 is 10.0 Å². The molecule has 0 aliphatic heterocycles. The van der Waals surface area contributed by atoms with Crippen LogP contribution in [0.3, 0.4) is 0 Å². The summed E-state index contributed by atoms with van der Waals surface area (Å²) < 4.78 is 39.0. The first-order valence-corrected chi connectivity index (χ1v) is 6.70. The third kappa shape index (κ3) is 4.03. The first-order valence-electron chi connectivity index (χ1n) is 5.22. The van der Waals surface area contributed by atoms with Crippen molar-refractivity contribution in [1.29, 1.82) is 0 Å². The van der Waals surface area contributed by atoms with Crippen LogP contribution in [0, 0.1) is 11.7 Å². The summed E-state index contributed by atoms with van der Waals surface area (Å²) in [7, 11) is -2.09. The highest BCUT2D eigenvalue weighted by Gasteiger charge is 2.20. The van der Waals surface area contributed by atoms with Crippen molar-refractivity contribution < 1.29 is 12.8 Å². The fourth-order valence-corrected chi connectivity index (χ4v) is 2.47. The highest BCUT2D eigenvalue weighted by atomic mass is 32.2. The van der Waals surface area contributed by atoms with Crippen LogP contribution in [-0.2, 0) is 10.0 Å². The lowest BCUT2D eigenvalue weighted by Crippen LogP contribution is -2.33. The summed E-state index contributed by atoms with van der Waals surface area (Å²) in [5.41, 5.74) is 0. The maximum atomic E-state index is 13.3. The first kappa shape index (κ1) is 14.0. The Kier molecular flexibility index (Phi) is 4.98. The highest BCUT2D eigenvalue weighted by molar-refractivity contribution is 7.89. The van der Waals surface area contributed by atoms with Crippen molar-refractivity contribution in [2.45, 2.75) is 11.9 Å². The second-order valence-electron chi connectivity index (χ2n) is 3.81. The van der Waals surface area contributed by atoms with E-state index in [2.05, 4.69) is 15.0 Å². The average Bonchev–Trinajstić information content (AvgIpc) is 2.27. The molecule has 0 saturated heterocycles. The van der Waals surface area contributed by atoms with Gasteiger partial charge < -0.3 is 5.32 Å². The van der Waals surface area contributed by atoms with E-state index in [1.54, 1.807) is 7.05 Å². The average molecular weight is 261 g/mol. The molecule has 1 heterocycles. The second-order valence-corrected chi connectivity index (χ2v) is 5.49. The van der Waals surface area contributed by atoms with Crippen LogP contribution in [-0.4, -0.2) is 33.5 Å². The lowest BCUT2D eigenvalue weighted by atomic mass is 10.2. The fraction of sp³-hybridized carbons (Fsp3) is 0.500. The molecular weight excluding hydrogens is 245 g/mol. The summed E-state index contributed by atoms with van der Waals surface area (Å²) in [6.45, 7) is 2.79. The van der Waals surface area contributed by atoms with Gasteiger partial charge in [-0.2, -0.15) is 0 Å². The van der Waals surface area contributed by atoms with Crippen molar-refractivity contribution in [1.82, 2.24) is 15.0 Å². The molecule has 17 heavy (non-hydrogen) atoms. The van der Waals surface area contributed by atoms with Gasteiger partial charge in [0.25, 0.3) is 10.0 Å². The highest BCUT2D eigenvalue weighted by Crippen LogP contribution is 2.09. The number of hydrogen-bond acceptors (Lipinski definition) is 4. The van der Waals surface area contributed by atoms with E-state index < -0.39 is 20.9 Å². The molecule has 0 radical (unpaired) electrons. The molecule has 1 rings (SSSR count). The number of halogens is 1. The molecule has 0 saturated carbocycles. The van der Waals surface area contributed by atoms with E-state index in [9.17, 15) is 12.8 Å². The number of nitrogens with one attached hydrogen (secondary N) is 2. The van der Waals surface area contributed by atoms with Gasteiger partial charge in [0.1, 0.15) is 0 Å². The molecule has 1 aromatic rings. The molecule has 0 amide bonds. The van der Waals surface area contributed by atoms with E-state index in [1.807, 2.05) is 6.92 Å². The van der Waals surface area contributed by atoms with Gasteiger partial charge in [-0.25, -0.2) is 22.5 Å². The van der Waals surface area contributed by atoms with Crippen LogP contribution in [0.4, 0.5) is 4.39 Å². The van der Waals surface area contributed by atoms with Crippen molar-refractivity contribution in [2.75, 3.05) is 20.1 Å². The molecule has 0 aliphatic rings. The number of sulfonamides is 1. The predicted molar refractivity (Wildman–Crippen MR) is 62.5 cm³/mol. The molecule has 2 N–H and O–H groups in total. The Balaban J connectivity index is 2.73. The van der Waals surface area contributed by atoms with Gasteiger partial charge in [0.2, 0.25) is 5.03 Å². The minimum atomic E-state index is -3.87. The van der Waals surface area contributed by atoms with Crippen LogP contribution in [0.1, 0.15) is 6.92 Å². The summed E-state index contributed by atoms with van der Waals surface area (Å²) in [4.78, 5) is 3.53. The van der Waals surface area contributed by atoms with Gasteiger partial charge in [0.15, 0.2) is 5.82 Å². The zero-order valence-electron chi connectivity index (χ0n) is 9.77. The van der Waals surface area contributed by atoms with Crippen molar-refractivity contribution >= 4 is 10.0 Å². The Hall–Kier alpha value is -1.05. The van der Waals surface area contributed by atoms with Gasteiger partial charge in [-0.1, -0.05) is 6.92 Å². The van der Waals surface area contributed by atoms with Crippen LogP contribution in [0.15, 0.2) is 23.4 Å². The Morgan fingerprint density at radius 2 is 2.18 bits per heavy atom. The van der Waals surface area contributed by atoms with Crippen LogP contribution in [0.5, 0.6) is 0 Å². The maximum absolute atomic E-state index is 13.3. The molecular formula is C10H16FN3O2S. The van der Waals surface area contributed by atoms with Gasteiger partial charge in [0.05, 0.1) is 0 Å². The number of nitrogens with zero attached hydrogens (tertiary/aromatic N) is 1. The molecule has 5 nitrogen and oxygen atoms in total. The number of hydrogen-bond donors (Lipinski definition) is 2. The normalized spacial score (nSPS) is 13.6. The molecule has 0 spiro atoms. The monoisotopic (exact) mass is 261 g/mol. The summed E-state index contributed by atoms with van der Waals surface area (Å²) in [6, 6.07) is 2.41. The zero-order valence-corrected chi connectivity index (χ0v) is 10.6. The molecule has 96 valence electrons. The van der Waals surface area contributed by atoms with E-state index in [-0.39, 0.29) is 12.5 Å². The number of pyridine rings is 1. The Morgan fingerprint density at radius 1 is 1.47 bits per heavy atom. The van der Waals surface area contributed by atoms with E-state index in [0.717, 1.165) is 6.07 Å². The van der Waals surface area contributed by atoms with E-state index >= 15 is 0 Å². The van der Waals surface area contributed by atoms with Gasteiger partial charge in [0, 0.05) is 12.7 Å². The van der Waals surface area contributed by atoms with Gasteiger partial charge in [-0.3, -0.25) is 0 Å². The van der Waals surface area contributed by atoms with Crippen LogP contribution in [0.25, 0.3) is 0 Å². The zero-order chi connectivity index (χ0) is 12.9. The van der Waals surface area contributed by atoms with E-state index in [1.165, 1.54) is 12.3 Å². The van der Waals surface area contributed by atoms with Crippen molar-refractivity contribution in [3.63, 3.8) is 0 Å². The van der Waals surface area contributed by atoms with Crippen molar-refractivity contribution in [2.24, 2.45) is 5.92 Å². The third-order valence-corrected chi connectivity index (χ3v) is 3.51. The molecule has 1 atom stereocenters. The molecule has 0 aromatic carbocycles. The second kappa shape index (κ2) is 6.04. The standard InChI is InChI=1S/C10H16FN3O2S/c1-8(6-12-2)7-14-17(15,16)10-9(11)4-3-5-13-10/h3-5,8,12,14H,6-7H2,1-2H3. The van der Waals surface area contributed by atoms with Gasteiger partial charge >= 0.3 is 0 Å². The lowest BCUT2D eigenvalue weighted by Gasteiger charge is -2.12. The van der Waals surface area contributed by atoms with Crippen molar-refractivity contribution in [3.8, 4) is 0 Å². The minimum Gasteiger partial charge on any atom is -0.319 e. The van der Waals surface area contributed by atoms with Crippen LogP contribution in [0.2, 0.25) is 0 Å². The molecule has 7 heteroatoms. The van der Waals surface area contributed by atoms with Crippen molar-refractivity contribution in [3.05, 3.63) is 24.1 Å². The summed E-state index contributed by atoms with van der Waals surface area (Å²) in [6.07, 6.45) is 1.24. The maximum Gasteiger partial charge on any atom is 0.261 e. The van der Waals surface area contributed by atoms with E-state index in [0.29, 0.717) is 6.54 Å². The number of aromatic nitrogens is 1. The predicted octanol–water partition coefficient (Wildman–Crippen LogP) is 0.355. The summed E-state index contributed by atoms with van der Waals surface area (Å²) in [5, 5.41) is 2.37. The summed E-state index contributed by atoms with van der Waals surface area (Å²) in [5.74, 6) is -0.734. The van der Waals surface area contributed by atoms with E-state index in [4.69, 9.17) is 0 Å². The lowest BCUT2D eigenvalue weighted by molar-refractivity contribution is 0.509. The molecule has 1 aromatic heterocycles. The van der Waals surface area contributed by atoms with Gasteiger partial charge in [-0.05, 0) is 31.6 Å². The Labute approximate surface area is 101 Å². The fourth-order valence-electron chi connectivity index (χ4n) is 1.31. The molecule has 0 fully saturated rings. The quantitative estimate of drug-likeness (QED) is 0.775. The minimum absolute atomic E-state index is 0.113. The third-order valence-electron chi connectivity index (χ3n) is 2.15.